The predicted molar refractivity (Wildman–Crippen MR) is 277 cm³/mol. The van der Waals surface area contributed by atoms with Crippen LogP contribution in [0, 0.1) is 28.4 Å². The molecule has 0 bridgehead atoms. The number of nitrogens with zero attached hydrogens (tertiary/aromatic N) is 5. The Bertz CT molecular complexity index is 3040. The van der Waals surface area contributed by atoms with Gasteiger partial charge in [-0.25, -0.2) is 18.1 Å². The number of hydrogen-bond acceptors (Lipinski definition) is 13. The molecule has 2 saturated heterocycles. The molecule has 6 aromatic rings. The number of piperidine rings is 1. The van der Waals surface area contributed by atoms with Crippen LogP contribution in [0.4, 0.5) is 17.1 Å². The highest BCUT2D eigenvalue weighted by molar-refractivity contribution is 7.90. The number of aromatic amines is 1. The van der Waals surface area contributed by atoms with Crippen LogP contribution in [-0.2, 0) is 16.6 Å². The third-order valence-corrected chi connectivity index (χ3v) is 17.2. The summed E-state index contributed by atoms with van der Waals surface area (Å²) in [7, 11) is -2.89. The van der Waals surface area contributed by atoms with Crippen molar-refractivity contribution in [2.45, 2.75) is 94.3 Å². The molecule has 2 aliphatic carbocycles. The number of nitrogens with one attached hydrogen (secondary N) is 3. The van der Waals surface area contributed by atoms with Crippen molar-refractivity contribution in [1.82, 2.24) is 24.5 Å². The molecule has 4 aromatic carbocycles. The van der Waals surface area contributed by atoms with Gasteiger partial charge in [-0.3, -0.25) is 24.7 Å². The molecular weight excluding hydrogens is 933 g/mol. The number of pyridine rings is 1. The molecule has 2 aromatic heterocycles. The summed E-state index contributed by atoms with van der Waals surface area (Å²) < 4.78 is 41.6. The summed E-state index contributed by atoms with van der Waals surface area (Å²) in [5.41, 5.74) is 4.75. The van der Waals surface area contributed by atoms with E-state index in [9.17, 15) is 28.4 Å². The lowest BCUT2D eigenvalue weighted by Crippen LogP contribution is -2.59. The monoisotopic (exact) mass is 996 g/mol. The highest BCUT2D eigenvalue weighted by atomic mass is 32.2. The number of hydrogen-bond donors (Lipinski definition) is 4. The molecule has 1 unspecified atom stereocenters. The SMILES string of the molecule is COc1ccc(CN2CCN(C3CC4(CCN(c5ccc(C(=O)NS(=O)(=O)c6ccc(NCC7CCC(C)(O)CC7)c([N+](=O)[O-])c6)c(Oc6cnc7[nH]ccc7c6)c5)CC4)C3)C(c3ccccc3C)C2)cc1. The standard InChI is InChI=1S/C55H64N8O8S/c1-37-6-4-5-7-46(37)50-36-60(35-39-8-11-43(70-3)12-9-39)26-27-62(50)42-31-55(32-42)21-24-61(25-22-55)41-10-14-47(51(29-41)71-44-28-40-18-23-56-52(40)58-34-44)53(64)59-72(68,69)45-13-15-48(49(30-45)63(66)67)57-33-38-16-19-54(2,65)20-17-38/h4-15,18,23,28-30,34,38,42,50,57,65H,16-17,19-22,24-27,31-33,35-36H2,1-3H3,(H,56,58)(H,59,64). The topological polar surface area (TPSA) is 195 Å². The number of rotatable bonds is 15. The summed E-state index contributed by atoms with van der Waals surface area (Å²) in [6.45, 7) is 9.98. The number of nitro groups is 1. The van der Waals surface area contributed by atoms with E-state index in [-0.39, 0.29) is 28.3 Å². The predicted octanol–water partition coefficient (Wildman–Crippen LogP) is 9.36. The first kappa shape index (κ1) is 49.1. The number of sulfonamides is 1. The third kappa shape index (κ3) is 10.7. The summed E-state index contributed by atoms with van der Waals surface area (Å²) in [4.78, 5) is 40.4. The molecule has 378 valence electrons. The van der Waals surface area contributed by atoms with Crippen LogP contribution in [0.15, 0.2) is 114 Å². The number of benzene rings is 4. The Morgan fingerprint density at radius 1 is 0.931 bits per heavy atom. The Kier molecular flexibility index (Phi) is 13.7. The van der Waals surface area contributed by atoms with Gasteiger partial charge < -0.3 is 29.8 Å². The molecule has 4 aliphatic rings. The first-order valence-electron chi connectivity index (χ1n) is 25.1. The summed E-state index contributed by atoms with van der Waals surface area (Å²) >= 11 is 0. The van der Waals surface area contributed by atoms with E-state index in [1.54, 1.807) is 37.7 Å². The molecule has 0 radical (unpaired) electrons. The van der Waals surface area contributed by atoms with Gasteiger partial charge in [0, 0.05) is 87.3 Å². The summed E-state index contributed by atoms with van der Waals surface area (Å²) in [6.07, 6.45) is 10.4. The molecule has 4 fully saturated rings. The van der Waals surface area contributed by atoms with Crippen LogP contribution < -0.4 is 24.4 Å². The zero-order valence-corrected chi connectivity index (χ0v) is 42.0. The van der Waals surface area contributed by atoms with Gasteiger partial charge in [0.2, 0.25) is 0 Å². The van der Waals surface area contributed by atoms with Crippen molar-refractivity contribution in [2.75, 3.05) is 56.6 Å². The maximum Gasteiger partial charge on any atom is 0.293 e. The van der Waals surface area contributed by atoms with Crippen molar-refractivity contribution in [2.24, 2.45) is 11.3 Å². The minimum Gasteiger partial charge on any atom is -0.497 e. The number of aryl methyl sites for hydroxylation is 1. The van der Waals surface area contributed by atoms with Gasteiger partial charge in [-0.15, -0.1) is 0 Å². The van der Waals surface area contributed by atoms with E-state index >= 15 is 0 Å². The molecular formula is C55H64N8O8S. The maximum absolute atomic E-state index is 14.1. The maximum atomic E-state index is 14.1. The number of aromatic nitrogens is 2. The molecule has 1 amide bonds. The largest absolute Gasteiger partial charge is 0.497 e. The number of carbonyl (C=O) groups is 1. The number of piperazine rings is 1. The number of ether oxygens (including phenoxy) is 2. The highest BCUT2D eigenvalue weighted by Crippen LogP contribution is 2.53. The fourth-order valence-corrected chi connectivity index (χ4v) is 12.5. The smallest absolute Gasteiger partial charge is 0.293 e. The number of methoxy groups -OCH3 is 1. The van der Waals surface area contributed by atoms with Gasteiger partial charge in [0.05, 0.1) is 34.3 Å². The zero-order valence-electron chi connectivity index (χ0n) is 41.2. The molecule has 2 saturated carbocycles. The van der Waals surface area contributed by atoms with Gasteiger partial charge >= 0.3 is 0 Å². The minimum atomic E-state index is -4.58. The molecule has 72 heavy (non-hydrogen) atoms. The Balaban J connectivity index is 0.822. The average molecular weight is 997 g/mol. The normalized spacial score (nSPS) is 21.8. The van der Waals surface area contributed by atoms with Crippen molar-refractivity contribution in [3.8, 4) is 17.2 Å². The fraction of sp³-hybridized carbons (Fsp3) is 0.418. The van der Waals surface area contributed by atoms with Gasteiger partial charge in [0.15, 0.2) is 0 Å². The van der Waals surface area contributed by atoms with E-state index in [2.05, 4.69) is 78.0 Å². The van der Waals surface area contributed by atoms with Gasteiger partial charge in [0.25, 0.3) is 21.6 Å². The summed E-state index contributed by atoms with van der Waals surface area (Å²) in [5.74, 6) is 0.619. The minimum absolute atomic E-state index is 0.0293. The van der Waals surface area contributed by atoms with Crippen LogP contribution >= 0.6 is 0 Å². The number of anilines is 2. The van der Waals surface area contributed by atoms with E-state index in [0.29, 0.717) is 42.9 Å². The van der Waals surface area contributed by atoms with Crippen LogP contribution in [0.1, 0.15) is 91.4 Å². The summed E-state index contributed by atoms with van der Waals surface area (Å²) in [5, 5.41) is 26.5. The Morgan fingerprint density at radius 2 is 1.69 bits per heavy atom. The van der Waals surface area contributed by atoms with E-state index in [1.807, 2.05) is 31.2 Å². The van der Waals surface area contributed by atoms with Crippen LogP contribution in [0.2, 0.25) is 0 Å². The second-order valence-corrected chi connectivity index (χ2v) is 22.5. The molecule has 1 atom stereocenters. The van der Waals surface area contributed by atoms with E-state index in [0.717, 1.165) is 101 Å². The lowest BCUT2D eigenvalue weighted by atomic mass is 9.59. The third-order valence-electron chi connectivity index (χ3n) is 15.9. The summed E-state index contributed by atoms with van der Waals surface area (Å²) in [6, 6.07) is 30.4. The highest BCUT2D eigenvalue weighted by Gasteiger charge is 2.50. The van der Waals surface area contributed by atoms with Crippen molar-refractivity contribution < 1.29 is 32.7 Å². The number of carbonyl (C=O) groups excluding carboxylic acids is 1. The van der Waals surface area contributed by atoms with E-state index in [4.69, 9.17) is 9.47 Å². The molecule has 16 nitrogen and oxygen atoms in total. The number of H-pyrrole nitrogens is 1. The average Bonchev–Trinajstić information content (AvgIpc) is 3.84. The van der Waals surface area contributed by atoms with Gasteiger partial charge in [-0.05, 0) is 142 Å². The number of nitro benzene ring substituents is 1. The number of aliphatic hydroxyl groups is 1. The molecule has 17 heteroatoms. The van der Waals surface area contributed by atoms with Gasteiger partial charge in [-0.2, -0.15) is 0 Å². The van der Waals surface area contributed by atoms with Crippen LogP contribution in [0.5, 0.6) is 17.2 Å². The molecule has 10 rings (SSSR count). The quantitative estimate of drug-likeness (QED) is 0.0562. The lowest BCUT2D eigenvalue weighted by molar-refractivity contribution is -0.384. The van der Waals surface area contributed by atoms with Crippen molar-refractivity contribution in [3.63, 3.8) is 0 Å². The van der Waals surface area contributed by atoms with E-state index < -0.39 is 37.0 Å². The zero-order chi connectivity index (χ0) is 50.2. The Morgan fingerprint density at radius 3 is 2.43 bits per heavy atom. The molecule has 4 N–H and O–H groups in total. The van der Waals surface area contributed by atoms with Crippen molar-refractivity contribution in [1.29, 1.82) is 0 Å². The van der Waals surface area contributed by atoms with Gasteiger partial charge in [-0.1, -0.05) is 36.4 Å². The van der Waals surface area contributed by atoms with Crippen LogP contribution in [0.3, 0.4) is 0 Å². The first-order chi connectivity index (χ1) is 34.6. The number of fused-ring (bicyclic) bond motifs is 1. The van der Waals surface area contributed by atoms with Gasteiger partial charge in [0.1, 0.15) is 28.6 Å². The van der Waals surface area contributed by atoms with Crippen LogP contribution in [-0.4, -0.2) is 102 Å². The van der Waals surface area contributed by atoms with E-state index in [1.165, 1.54) is 28.8 Å². The number of amides is 1. The molecule has 2 aliphatic heterocycles. The molecule has 1 spiro atoms. The van der Waals surface area contributed by atoms with Crippen molar-refractivity contribution >= 4 is 44.0 Å². The fourth-order valence-electron chi connectivity index (χ4n) is 11.5. The van der Waals surface area contributed by atoms with Crippen molar-refractivity contribution in [3.05, 3.63) is 142 Å². The van der Waals surface area contributed by atoms with Crippen LogP contribution in [0.25, 0.3) is 11.0 Å². The second-order valence-electron chi connectivity index (χ2n) is 20.8. The molecule has 4 heterocycles. The lowest BCUT2D eigenvalue weighted by Gasteiger charge is -2.58. The second kappa shape index (κ2) is 20.2. The Hall–Kier alpha value is -6.53. The Labute approximate surface area is 420 Å². The first-order valence-corrected chi connectivity index (χ1v) is 26.6.